The summed E-state index contributed by atoms with van der Waals surface area (Å²) in [5.74, 6) is 0. The molecule has 0 saturated carbocycles. The Kier molecular flexibility index (Phi) is 5.61. The summed E-state index contributed by atoms with van der Waals surface area (Å²) in [5.41, 5.74) is 2.31. The number of hydrogen-bond donors (Lipinski definition) is 2. The lowest BCUT2D eigenvalue weighted by Crippen LogP contribution is -2.22. The highest BCUT2D eigenvalue weighted by atomic mass is 32.1. The lowest BCUT2D eigenvalue weighted by atomic mass is 10.3. The van der Waals surface area contributed by atoms with Gasteiger partial charge >= 0.3 is 6.09 Å². The first kappa shape index (κ1) is 17.7. The number of nitrogens with zero attached hydrogens (tertiary/aromatic N) is 2. The van der Waals surface area contributed by atoms with Gasteiger partial charge in [0.2, 0.25) is 0 Å². The molecule has 0 aromatic carbocycles. The molecule has 0 atom stereocenters. The molecule has 8 heteroatoms. The number of nitrogens with one attached hydrogen (secondary N) is 1. The van der Waals surface area contributed by atoms with E-state index in [1.54, 1.807) is 6.07 Å². The Labute approximate surface area is 141 Å². The van der Waals surface area contributed by atoms with Crippen molar-refractivity contribution in [1.82, 2.24) is 9.78 Å². The van der Waals surface area contributed by atoms with Gasteiger partial charge in [0, 0.05) is 20.4 Å². The number of aryl methyl sites for hydroxylation is 1. The van der Waals surface area contributed by atoms with Crippen LogP contribution >= 0.6 is 11.3 Å². The van der Waals surface area contributed by atoms with E-state index in [9.17, 15) is 4.79 Å². The van der Waals surface area contributed by atoms with Gasteiger partial charge in [-0.1, -0.05) is 19.6 Å². The van der Waals surface area contributed by atoms with Gasteiger partial charge in [0.25, 0.3) is 0 Å². The highest BCUT2D eigenvalue weighted by Gasteiger charge is 2.15. The van der Waals surface area contributed by atoms with Crippen molar-refractivity contribution in [3.63, 3.8) is 0 Å². The third kappa shape index (κ3) is 5.19. The number of rotatable bonds is 7. The first-order chi connectivity index (χ1) is 10.8. The number of anilines is 1. The van der Waals surface area contributed by atoms with Crippen LogP contribution in [-0.2, 0) is 11.5 Å². The van der Waals surface area contributed by atoms with Crippen LogP contribution in [0, 0.1) is 6.92 Å². The van der Waals surface area contributed by atoms with E-state index in [1.165, 1.54) is 11.3 Å². The fraction of sp³-hybridized carbons (Fsp3) is 0.467. The van der Waals surface area contributed by atoms with Crippen LogP contribution in [0.3, 0.4) is 0 Å². The number of amides is 1. The quantitative estimate of drug-likeness (QED) is 0.574. The molecule has 1 amide bonds. The average molecular weight is 354 g/mol. The molecule has 0 unspecified atom stereocenters. The molecule has 23 heavy (non-hydrogen) atoms. The van der Waals surface area contributed by atoms with E-state index in [0.29, 0.717) is 12.4 Å². The molecule has 126 valence electrons. The third-order valence-electron chi connectivity index (χ3n) is 3.33. The Balaban J connectivity index is 2.04. The van der Waals surface area contributed by atoms with Crippen molar-refractivity contribution in [3.8, 4) is 10.6 Å². The van der Waals surface area contributed by atoms with E-state index in [4.69, 9.17) is 9.84 Å². The van der Waals surface area contributed by atoms with Crippen LogP contribution in [-0.4, -0.2) is 35.7 Å². The SMILES string of the molecule is Cc1cc(-c2sccc2NC(=O)O)nn1COCC[Si](C)(C)C. The zero-order chi connectivity index (χ0) is 17.0. The minimum absolute atomic E-state index is 0.420. The standard InChI is InChI=1S/C15H23N3O3SSi/c1-11-9-13(14-12(5-7-22-14)16-15(19)20)17-18(11)10-21-6-8-23(2,3)4/h5,7,9,16H,6,8,10H2,1-4H3,(H,19,20). The Morgan fingerprint density at radius 2 is 2.22 bits per heavy atom. The van der Waals surface area contributed by atoms with E-state index in [2.05, 4.69) is 30.1 Å². The van der Waals surface area contributed by atoms with Crippen LogP contribution in [0.25, 0.3) is 10.6 Å². The second-order valence-electron chi connectivity index (χ2n) is 6.61. The largest absolute Gasteiger partial charge is 0.465 e. The van der Waals surface area contributed by atoms with Gasteiger partial charge in [-0.15, -0.1) is 11.3 Å². The van der Waals surface area contributed by atoms with Crippen LogP contribution in [0.1, 0.15) is 5.69 Å². The smallest absolute Gasteiger partial charge is 0.409 e. The monoisotopic (exact) mass is 353 g/mol. The zero-order valence-electron chi connectivity index (χ0n) is 13.9. The molecule has 2 rings (SSSR count). The molecule has 0 saturated heterocycles. The zero-order valence-corrected chi connectivity index (χ0v) is 15.7. The van der Waals surface area contributed by atoms with Gasteiger partial charge in [-0.05, 0) is 30.5 Å². The number of hydrogen-bond acceptors (Lipinski definition) is 4. The highest BCUT2D eigenvalue weighted by Crippen LogP contribution is 2.33. The number of aromatic nitrogens is 2. The molecule has 0 aliphatic carbocycles. The van der Waals surface area contributed by atoms with E-state index in [0.717, 1.165) is 28.9 Å². The maximum atomic E-state index is 10.8. The summed E-state index contributed by atoms with van der Waals surface area (Å²) >= 11 is 1.46. The summed E-state index contributed by atoms with van der Waals surface area (Å²) in [4.78, 5) is 11.6. The maximum absolute atomic E-state index is 10.8. The lowest BCUT2D eigenvalue weighted by molar-refractivity contribution is 0.0773. The molecular formula is C15H23N3O3SSi. The third-order valence-corrected chi connectivity index (χ3v) is 5.97. The second kappa shape index (κ2) is 7.29. The Morgan fingerprint density at radius 1 is 1.48 bits per heavy atom. The van der Waals surface area contributed by atoms with Crippen molar-refractivity contribution in [2.75, 3.05) is 11.9 Å². The molecule has 2 aromatic rings. The van der Waals surface area contributed by atoms with E-state index >= 15 is 0 Å². The number of ether oxygens (including phenoxy) is 1. The van der Waals surface area contributed by atoms with Crippen molar-refractivity contribution in [2.45, 2.75) is 39.3 Å². The predicted octanol–water partition coefficient (Wildman–Crippen LogP) is 4.32. The van der Waals surface area contributed by atoms with Crippen LogP contribution in [0.4, 0.5) is 10.5 Å². The molecular weight excluding hydrogens is 330 g/mol. The number of thiophene rings is 1. The van der Waals surface area contributed by atoms with Crippen LogP contribution in [0.2, 0.25) is 25.7 Å². The molecule has 0 aliphatic rings. The fourth-order valence-corrected chi connectivity index (χ4v) is 3.57. The Morgan fingerprint density at radius 3 is 2.87 bits per heavy atom. The van der Waals surface area contributed by atoms with Gasteiger partial charge in [0.15, 0.2) is 0 Å². The van der Waals surface area contributed by atoms with E-state index in [1.807, 2.05) is 23.1 Å². The summed E-state index contributed by atoms with van der Waals surface area (Å²) in [7, 11) is -1.09. The van der Waals surface area contributed by atoms with Crippen molar-refractivity contribution in [3.05, 3.63) is 23.2 Å². The molecule has 0 aliphatic heterocycles. The Bertz CT molecular complexity index is 676. The van der Waals surface area contributed by atoms with Crippen LogP contribution in [0.5, 0.6) is 0 Å². The summed E-state index contributed by atoms with van der Waals surface area (Å²) in [6.07, 6.45) is -1.07. The van der Waals surface area contributed by atoms with Gasteiger partial charge < -0.3 is 9.84 Å². The van der Waals surface area contributed by atoms with Crippen molar-refractivity contribution in [1.29, 1.82) is 0 Å². The summed E-state index contributed by atoms with van der Waals surface area (Å²) < 4.78 is 7.54. The molecule has 2 N–H and O–H groups in total. The summed E-state index contributed by atoms with van der Waals surface area (Å²) in [6.45, 7) is 10.1. The normalized spacial score (nSPS) is 11.7. The van der Waals surface area contributed by atoms with Crippen molar-refractivity contribution in [2.24, 2.45) is 0 Å². The number of carboxylic acid groups (broad SMARTS) is 1. The van der Waals surface area contributed by atoms with Crippen LogP contribution < -0.4 is 5.32 Å². The molecule has 2 aromatic heterocycles. The maximum Gasteiger partial charge on any atom is 0.409 e. The summed E-state index contributed by atoms with van der Waals surface area (Å²) in [6, 6.07) is 4.81. The first-order valence-electron chi connectivity index (χ1n) is 7.46. The lowest BCUT2D eigenvalue weighted by Gasteiger charge is -2.15. The topological polar surface area (TPSA) is 76.4 Å². The van der Waals surface area contributed by atoms with E-state index in [-0.39, 0.29) is 0 Å². The van der Waals surface area contributed by atoms with Gasteiger partial charge in [-0.2, -0.15) is 5.10 Å². The molecule has 0 fully saturated rings. The second-order valence-corrected chi connectivity index (χ2v) is 13.1. The van der Waals surface area contributed by atoms with E-state index < -0.39 is 14.2 Å². The fourth-order valence-electron chi connectivity index (χ4n) is 2.00. The summed E-state index contributed by atoms with van der Waals surface area (Å²) in [5, 5.41) is 17.7. The van der Waals surface area contributed by atoms with Gasteiger partial charge in [0.05, 0.1) is 10.6 Å². The van der Waals surface area contributed by atoms with Crippen LogP contribution in [0.15, 0.2) is 17.5 Å². The first-order valence-corrected chi connectivity index (χ1v) is 12.0. The molecule has 6 nitrogen and oxygen atoms in total. The van der Waals surface area contributed by atoms with Gasteiger partial charge in [-0.25, -0.2) is 9.48 Å². The molecule has 0 bridgehead atoms. The highest BCUT2D eigenvalue weighted by molar-refractivity contribution is 7.14. The van der Waals surface area contributed by atoms with Gasteiger partial charge in [-0.3, -0.25) is 5.32 Å². The molecule has 0 spiro atoms. The average Bonchev–Trinajstić information content (AvgIpc) is 3.00. The number of carbonyl (C=O) groups is 1. The minimum Gasteiger partial charge on any atom is -0.465 e. The molecule has 0 radical (unpaired) electrons. The molecule has 2 heterocycles. The predicted molar refractivity (Wildman–Crippen MR) is 96.0 cm³/mol. The van der Waals surface area contributed by atoms with Crippen molar-refractivity contribution < 1.29 is 14.6 Å². The van der Waals surface area contributed by atoms with Crippen molar-refractivity contribution >= 4 is 31.2 Å². The Hall–Kier alpha value is -1.64. The minimum atomic E-state index is -1.09. The van der Waals surface area contributed by atoms with Gasteiger partial charge in [0.1, 0.15) is 12.4 Å².